The largest absolute Gasteiger partial charge is 0.497 e. The standard InChI is InChI=1S/C10H13F2NO/c1-13-6-7-5-8(14-2)3-4-9(7)10(11)12/h3-5,10,13H,6H2,1-2H3. The summed E-state index contributed by atoms with van der Waals surface area (Å²) in [5.41, 5.74) is 0.627. The van der Waals surface area contributed by atoms with E-state index in [0.717, 1.165) is 0 Å². The highest BCUT2D eigenvalue weighted by Gasteiger charge is 2.12. The number of halogens is 2. The van der Waals surface area contributed by atoms with E-state index in [-0.39, 0.29) is 5.56 Å². The van der Waals surface area contributed by atoms with Crippen LogP contribution in [0.1, 0.15) is 17.6 Å². The maximum Gasteiger partial charge on any atom is 0.264 e. The molecule has 78 valence electrons. The molecule has 0 atom stereocenters. The maximum absolute atomic E-state index is 12.5. The molecule has 0 aliphatic heterocycles. The van der Waals surface area contributed by atoms with E-state index in [2.05, 4.69) is 5.32 Å². The number of rotatable bonds is 4. The summed E-state index contributed by atoms with van der Waals surface area (Å²) in [5, 5.41) is 2.84. The van der Waals surface area contributed by atoms with Crippen molar-refractivity contribution in [3.63, 3.8) is 0 Å². The normalized spacial score (nSPS) is 10.6. The number of ether oxygens (including phenoxy) is 1. The van der Waals surface area contributed by atoms with Crippen molar-refractivity contribution in [2.75, 3.05) is 14.2 Å². The lowest BCUT2D eigenvalue weighted by molar-refractivity contribution is 0.150. The summed E-state index contributed by atoms with van der Waals surface area (Å²) >= 11 is 0. The molecule has 4 heteroatoms. The summed E-state index contributed by atoms with van der Waals surface area (Å²) in [6.07, 6.45) is -2.44. The first-order valence-electron chi connectivity index (χ1n) is 4.28. The Morgan fingerprint density at radius 1 is 1.43 bits per heavy atom. The first-order chi connectivity index (χ1) is 6.69. The first kappa shape index (κ1) is 10.9. The fourth-order valence-electron chi connectivity index (χ4n) is 1.27. The SMILES string of the molecule is CNCc1cc(OC)ccc1C(F)F. The second-order valence-corrected chi connectivity index (χ2v) is 2.90. The molecule has 1 N–H and O–H groups in total. The van der Waals surface area contributed by atoms with Crippen molar-refractivity contribution < 1.29 is 13.5 Å². The molecule has 0 aliphatic rings. The van der Waals surface area contributed by atoms with Crippen molar-refractivity contribution >= 4 is 0 Å². The Hall–Kier alpha value is -1.16. The summed E-state index contributed by atoms with van der Waals surface area (Å²) in [6.45, 7) is 0.414. The van der Waals surface area contributed by atoms with Gasteiger partial charge in [-0.05, 0) is 30.8 Å². The molecule has 14 heavy (non-hydrogen) atoms. The Balaban J connectivity index is 3.03. The lowest BCUT2D eigenvalue weighted by Gasteiger charge is -2.10. The topological polar surface area (TPSA) is 21.3 Å². The number of nitrogens with one attached hydrogen (secondary N) is 1. The second kappa shape index (κ2) is 4.91. The molecule has 0 bridgehead atoms. The van der Waals surface area contributed by atoms with Gasteiger partial charge in [0.2, 0.25) is 0 Å². The van der Waals surface area contributed by atoms with Crippen molar-refractivity contribution in [3.8, 4) is 5.75 Å². The molecule has 0 saturated carbocycles. The van der Waals surface area contributed by atoms with Gasteiger partial charge in [0.05, 0.1) is 7.11 Å². The van der Waals surface area contributed by atoms with Crippen LogP contribution in [-0.2, 0) is 6.54 Å². The molecule has 0 saturated heterocycles. The number of hydrogen-bond acceptors (Lipinski definition) is 2. The molecule has 1 rings (SSSR count). The fraction of sp³-hybridized carbons (Fsp3) is 0.400. The highest BCUT2D eigenvalue weighted by molar-refractivity contribution is 5.36. The van der Waals surface area contributed by atoms with Gasteiger partial charge in [0.25, 0.3) is 6.43 Å². The molecule has 0 heterocycles. The lowest BCUT2D eigenvalue weighted by atomic mass is 10.1. The van der Waals surface area contributed by atoms with E-state index in [0.29, 0.717) is 17.9 Å². The average molecular weight is 201 g/mol. The Morgan fingerprint density at radius 3 is 2.64 bits per heavy atom. The van der Waals surface area contributed by atoms with Crippen LogP contribution in [-0.4, -0.2) is 14.2 Å². The Morgan fingerprint density at radius 2 is 2.14 bits per heavy atom. The summed E-state index contributed by atoms with van der Waals surface area (Å²) < 4.78 is 30.0. The fourth-order valence-corrected chi connectivity index (χ4v) is 1.27. The quantitative estimate of drug-likeness (QED) is 0.807. The van der Waals surface area contributed by atoms with Gasteiger partial charge >= 0.3 is 0 Å². The van der Waals surface area contributed by atoms with Gasteiger partial charge in [-0.1, -0.05) is 0 Å². The van der Waals surface area contributed by atoms with E-state index in [1.807, 2.05) is 0 Å². The van der Waals surface area contributed by atoms with E-state index in [4.69, 9.17) is 4.74 Å². The van der Waals surface area contributed by atoms with Crippen LogP contribution in [0.25, 0.3) is 0 Å². The predicted octanol–water partition coefficient (Wildman–Crippen LogP) is 2.35. The van der Waals surface area contributed by atoms with E-state index in [1.165, 1.54) is 13.2 Å². The zero-order valence-corrected chi connectivity index (χ0v) is 8.18. The van der Waals surface area contributed by atoms with Gasteiger partial charge in [-0.2, -0.15) is 0 Å². The average Bonchev–Trinajstić information content (AvgIpc) is 2.17. The smallest absolute Gasteiger partial charge is 0.264 e. The van der Waals surface area contributed by atoms with Crippen molar-refractivity contribution in [1.82, 2.24) is 5.32 Å². The van der Waals surface area contributed by atoms with Gasteiger partial charge in [-0.25, -0.2) is 8.78 Å². The molecular formula is C10H13F2NO. The van der Waals surface area contributed by atoms with Gasteiger partial charge < -0.3 is 10.1 Å². The maximum atomic E-state index is 12.5. The molecule has 1 aromatic rings. The van der Waals surface area contributed by atoms with Crippen molar-refractivity contribution in [3.05, 3.63) is 29.3 Å². The van der Waals surface area contributed by atoms with Gasteiger partial charge in [0, 0.05) is 12.1 Å². The zero-order chi connectivity index (χ0) is 10.6. The van der Waals surface area contributed by atoms with E-state index in [9.17, 15) is 8.78 Å². The molecule has 0 fully saturated rings. The summed E-state index contributed by atoms with van der Waals surface area (Å²) in [5.74, 6) is 0.597. The molecule has 0 radical (unpaired) electrons. The van der Waals surface area contributed by atoms with Gasteiger partial charge in [-0.15, -0.1) is 0 Å². The third kappa shape index (κ3) is 2.42. The van der Waals surface area contributed by atoms with Crippen LogP contribution >= 0.6 is 0 Å². The van der Waals surface area contributed by atoms with E-state index < -0.39 is 6.43 Å². The Kier molecular flexibility index (Phi) is 3.83. The van der Waals surface area contributed by atoms with Crippen LogP contribution in [0.4, 0.5) is 8.78 Å². The van der Waals surface area contributed by atoms with Crippen LogP contribution in [0.3, 0.4) is 0 Å². The van der Waals surface area contributed by atoms with Crippen LogP contribution in [0.2, 0.25) is 0 Å². The minimum absolute atomic E-state index is 0.0557. The van der Waals surface area contributed by atoms with Crippen LogP contribution < -0.4 is 10.1 Å². The van der Waals surface area contributed by atoms with Crippen LogP contribution in [0.15, 0.2) is 18.2 Å². The third-order valence-corrected chi connectivity index (χ3v) is 1.95. The van der Waals surface area contributed by atoms with Crippen LogP contribution in [0, 0.1) is 0 Å². The van der Waals surface area contributed by atoms with Crippen molar-refractivity contribution in [1.29, 1.82) is 0 Å². The first-order valence-corrected chi connectivity index (χ1v) is 4.28. The van der Waals surface area contributed by atoms with Gasteiger partial charge in [-0.3, -0.25) is 0 Å². The monoisotopic (exact) mass is 201 g/mol. The summed E-state index contributed by atoms with van der Waals surface area (Å²) in [6, 6.07) is 4.56. The van der Waals surface area contributed by atoms with E-state index >= 15 is 0 Å². The Bertz CT molecular complexity index is 302. The minimum atomic E-state index is -2.44. The Labute approximate surface area is 81.9 Å². The van der Waals surface area contributed by atoms with E-state index in [1.54, 1.807) is 19.2 Å². The van der Waals surface area contributed by atoms with Crippen molar-refractivity contribution in [2.45, 2.75) is 13.0 Å². The molecule has 0 spiro atoms. The second-order valence-electron chi connectivity index (χ2n) is 2.90. The third-order valence-electron chi connectivity index (χ3n) is 1.95. The molecule has 0 aliphatic carbocycles. The minimum Gasteiger partial charge on any atom is -0.497 e. The lowest BCUT2D eigenvalue weighted by Crippen LogP contribution is -2.08. The summed E-state index contributed by atoms with van der Waals surface area (Å²) in [7, 11) is 3.23. The molecule has 0 unspecified atom stereocenters. The zero-order valence-electron chi connectivity index (χ0n) is 8.18. The molecular weight excluding hydrogens is 188 g/mol. The number of benzene rings is 1. The molecule has 0 amide bonds. The number of alkyl halides is 2. The van der Waals surface area contributed by atoms with Crippen LogP contribution in [0.5, 0.6) is 5.75 Å². The molecule has 0 aromatic heterocycles. The van der Waals surface area contributed by atoms with Gasteiger partial charge in [0.1, 0.15) is 5.75 Å². The molecule has 2 nitrogen and oxygen atoms in total. The highest BCUT2D eigenvalue weighted by Crippen LogP contribution is 2.26. The number of hydrogen-bond donors (Lipinski definition) is 1. The molecule has 1 aromatic carbocycles. The number of methoxy groups -OCH3 is 1. The summed E-state index contributed by atoms with van der Waals surface area (Å²) in [4.78, 5) is 0. The van der Waals surface area contributed by atoms with Gasteiger partial charge in [0.15, 0.2) is 0 Å². The predicted molar refractivity (Wildman–Crippen MR) is 50.7 cm³/mol. The van der Waals surface area contributed by atoms with Crippen molar-refractivity contribution in [2.24, 2.45) is 0 Å². The highest BCUT2D eigenvalue weighted by atomic mass is 19.3.